The molecule has 1 aromatic carbocycles. The molecular formula is C14H21NO3S. The average molecular weight is 283 g/mol. The van der Waals surface area contributed by atoms with Crippen LogP contribution in [-0.2, 0) is 14.8 Å². The van der Waals surface area contributed by atoms with Gasteiger partial charge in [-0.05, 0) is 31.9 Å². The van der Waals surface area contributed by atoms with E-state index in [1.807, 2.05) is 20.8 Å². The fraction of sp³-hybridized carbons (Fsp3) is 0.500. The van der Waals surface area contributed by atoms with Crippen molar-refractivity contribution in [3.63, 3.8) is 0 Å². The molecule has 0 aliphatic rings. The molecule has 0 aliphatic carbocycles. The summed E-state index contributed by atoms with van der Waals surface area (Å²) in [6.07, 6.45) is 1.51. The molecule has 0 aromatic heterocycles. The van der Waals surface area contributed by atoms with E-state index in [0.717, 1.165) is 9.87 Å². The molecule has 0 aliphatic heterocycles. The Morgan fingerprint density at radius 2 is 1.68 bits per heavy atom. The third-order valence-electron chi connectivity index (χ3n) is 2.78. The van der Waals surface area contributed by atoms with E-state index in [4.69, 9.17) is 0 Å². The van der Waals surface area contributed by atoms with E-state index in [1.165, 1.54) is 0 Å². The van der Waals surface area contributed by atoms with Gasteiger partial charge in [-0.1, -0.05) is 31.5 Å². The minimum atomic E-state index is -3.72. The van der Waals surface area contributed by atoms with Gasteiger partial charge in [-0.3, -0.25) is 4.79 Å². The van der Waals surface area contributed by atoms with E-state index in [2.05, 4.69) is 0 Å². The van der Waals surface area contributed by atoms with Crippen molar-refractivity contribution in [3.05, 3.63) is 29.8 Å². The maximum atomic E-state index is 12.5. The van der Waals surface area contributed by atoms with Crippen LogP contribution in [0.1, 0.15) is 38.7 Å². The largest absolute Gasteiger partial charge is 0.274 e. The van der Waals surface area contributed by atoms with Gasteiger partial charge in [-0.15, -0.1) is 0 Å². The van der Waals surface area contributed by atoms with Gasteiger partial charge < -0.3 is 0 Å². The summed E-state index contributed by atoms with van der Waals surface area (Å²) < 4.78 is 25.9. The summed E-state index contributed by atoms with van der Waals surface area (Å²) in [5.41, 5.74) is 0.987. The maximum absolute atomic E-state index is 12.5. The predicted octanol–water partition coefficient (Wildman–Crippen LogP) is 2.72. The van der Waals surface area contributed by atoms with E-state index < -0.39 is 10.0 Å². The van der Waals surface area contributed by atoms with Gasteiger partial charge in [0.25, 0.3) is 10.0 Å². The van der Waals surface area contributed by atoms with E-state index in [-0.39, 0.29) is 23.8 Å². The summed E-state index contributed by atoms with van der Waals surface area (Å²) in [6.45, 7) is 5.84. The normalized spacial score (nSPS) is 11.3. The minimum Gasteiger partial charge on any atom is -0.274 e. The number of carbonyl (C=O) groups is 1. The molecule has 0 N–H and O–H groups in total. The Morgan fingerprint density at radius 1 is 1.11 bits per heavy atom. The standard InChI is InChI=1S/C14H21NO3S/c1-4-6-14(16)15(11-5-2)19(17,18)13-9-7-12(3)8-10-13/h7-10H,4-6,11H2,1-3H3. The molecule has 106 valence electrons. The topological polar surface area (TPSA) is 54.5 Å². The smallest absolute Gasteiger partial charge is 0.266 e. The summed E-state index contributed by atoms with van der Waals surface area (Å²) in [5, 5.41) is 0. The quantitative estimate of drug-likeness (QED) is 0.806. The van der Waals surface area contributed by atoms with Gasteiger partial charge in [0.1, 0.15) is 0 Å². The number of nitrogens with zero attached hydrogens (tertiary/aromatic N) is 1. The third-order valence-corrected chi connectivity index (χ3v) is 4.61. The fourth-order valence-electron chi connectivity index (χ4n) is 1.76. The maximum Gasteiger partial charge on any atom is 0.266 e. The van der Waals surface area contributed by atoms with Gasteiger partial charge in [0.15, 0.2) is 0 Å². The molecule has 0 bridgehead atoms. The van der Waals surface area contributed by atoms with Crippen LogP contribution in [0.4, 0.5) is 0 Å². The van der Waals surface area contributed by atoms with Crippen LogP contribution in [0.15, 0.2) is 29.2 Å². The molecule has 0 spiro atoms. The third kappa shape index (κ3) is 3.80. The zero-order valence-corrected chi connectivity index (χ0v) is 12.5. The molecule has 0 atom stereocenters. The molecule has 0 heterocycles. The average Bonchev–Trinajstić information content (AvgIpc) is 2.36. The lowest BCUT2D eigenvalue weighted by Gasteiger charge is -2.22. The van der Waals surface area contributed by atoms with E-state index in [0.29, 0.717) is 12.8 Å². The predicted molar refractivity (Wildman–Crippen MR) is 75.3 cm³/mol. The molecule has 0 fully saturated rings. The summed E-state index contributed by atoms with van der Waals surface area (Å²) >= 11 is 0. The zero-order chi connectivity index (χ0) is 14.5. The van der Waals surface area contributed by atoms with Crippen molar-refractivity contribution < 1.29 is 13.2 Å². The van der Waals surface area contributed by atoms with Crippen LogP contribution in [0.25, 0.3) is 0 Å². The number of benzene rings is 1. The van der Waals surface area contributed by atoms with Crippen molar-refractivity contribution in [1.29, 1.82) is 0 Å². The van der Waals surface area contributed by atoms with Gasteiger partial charge in [0.05, 0.1) is 4.90 Å². The molecule has 19 heavy (non-hydrogen) atoms. The van der Waals surface area contributed by atoms with Gasteiger partial charge in [0.2, 0.25) is 5.91 Å². The van der Waals surface area contributed by atoms with Crippen molar-refractivity contribution >= 4 is 15.9 Å². The Bertz CT molecular complexity index is 520. The first kappa shape index (κ1) is 15.7. The van der Waals surface area contributed by atoms with Crippen molar-refractivity contribution in [1.82, 2.24) is 4.31 Å². The first-order chi connectivity index (χ1) is 8.93. The van der Waals surface area contributed by atoms with Gasteiger partial charge >= 0.3 is 0 Å². The fourth-order valence-corrected chi connectivity index (χ4v) is 3.27. The lowest BCUT2D eigenvalue weighted by molar-refractivity contribution is -0.126. The highest BCUT2D eigenvalue weighted by Crippen LogP contribution is 2.18. The number of hydrogen-bond acceptors (Lipinski definition) is 3. The van der Waals surface area contributed by atoms with Crippen LogP contribution in [-0.4, -0.2) is 25.2 Å². The molecular weight excluding hydrogens is 262 g/mol. The summed E-state index contributed by atoms with van der Waals surface area (Å²) in [4.78, 5) is 12.1. The summed E-state index contributed by atoms with van der Waals surface area (Å²) in [5.74, 6) is -0.329. The number of aryl methyl sites for hydroxylation is 1. The van der Waals surface area contributed by atoms with Crippen LogP contribution in [0.2, 0.25) is 0 Å². The second-order valence-corrected chi connectivity index (χ2v) is 6.40. The second-order valence-electron chi connectivity index (χ2n) is 4.53. The molecule has 1 aromatic rings. The molecule has 0 radical (unpaired) electrons. The molecule has 1 rings (SSSR count). The number of amides is 1. The van der Waals surface area contributed by atoms with Crippen molar-refractivity contribution in [2.75, 3.05) is 6.54 Å². The van der Waals surface area contributed by atoms with Crippen LogP contribution in [0.5, 0.6) is 0 Å². The number of carbonyl (C=O) groups excluding carboxylic acids is 1. The summed E-state index contributed by atoms with van der Waals surface area (Å²) in [7, 11) is -3.72. The zero-order valence-electron chi connectivity index (χ0n) is 11.7. The number of hydrogen-bond donors (Lipinski definition) is 0. The highest BCUT2D eigenvalue weighted by Gasteiger charge is 2.27. The Kier molecular flexibility index (Phi) is 5.54. The summed E-state index contributed by atoms with van der Waals surface area (Å²) in [6, 6.07) is 6.57. The van der Waals surface area contributed by atoms with Crippen molar-refractivity contribution in [3.8, 4) is 0 Å². The molecule has 5 heteroatoms. The second kappa shape index (κ2) is 6.70. The van der Waals surface area contributed by atoms with Crippen LogP contribution in [0.3, 0.4) is 0 Å². The van der Waals surface area contributed by atoms with Crippen molar-refractivity contribution in [2.24, 2.45) is 0 Å². The Labute approximate surface area is 115 Å². The van der Waals surface area contributed by atoms with E-state index in [1.54, 1.807) is 24.3 Å². The van der Waals surface area contributed by atoms with Crippen molar-refractivity contribution in [2.45, 2.75) is 44.9 Å². The first-order valence-corrected chi connectivity index (χ1v) is 7.99. The Morgan fingerprint density at radius 3 is 2.16 bits per heavy atom. The van der Waals surface area contributed by atoms with E-state index in [9.17, 15) is 13.2 Å². The SMILES string of the molecule is CCCC(=O)N(CCC)S(=O)(=O)c1ccc(C)cc1. The molecule has 4 nitrogen and oxygen atoms in total. The molecule has 1 amide bonds. The Hall–Kier alpha value is -1.36. The first-order valence-electron chi connectivity index (χ1n) is 6.55. The van der Waals surface area contributed by atoms with Crippen LogP contribution >= 0.6 is 0 Å². The van der Waals surface area contributed by atoms with Gasteiger partial charge in [-0.2, -0.15) is 0 Å². The number of sulfonamides is 1. The van der Waals surface area contributed by atoms with Crippen LogP contribution < -0.4 is 0 Å². The van der Waals surface area contributed by atoms with Gasteiger partial charge in [-0.25, -0.2) is 12.7 Å². The number of rotatable bonds is 6. The molecule has 0 saturated carbocycles. The van der Waals surface area contributed by atoms with Gasteiger partial charge in [0, 0.05) is 13.0 Å². The lowest BCUT2D eigenvalue weighted by Crippen LogP contribution is -2.37. The minimum absolute atomic E-state index is 0.177. The van der Waals surface area contributed by atoms with Crippen LogP contribution in [0, 0.1) is 6.92 Å². The van der Waals surface area contributed by atoms with E-state index >= 15 is 0 Å². The highest BCUT2D eigenvalue weighted by molar-refractivity contribution is 7.89. The monoisotopic (exact) mass is 283 g/mol. The highest BCUT2D eigenvalue weighted by atomic mass is 32.2. The Balaban J connectivity index is 3.12. The molecule has 0 unspecified atom stereocenters. The molecule has 0 saturated heterocycles. The lowest BCUT2D eigenvalue weighted by atomic mass is 10.2.